The Hall–Kier alpha value is -3.95. The van der Waals surface area contributed by atoms with Crippen molar-refractivity contribution in [3.05, 3.63) is 39.4 Å². The van der Waals surface area contributed by atoms with Crippen LogP contribution in [0.25, 0.3) is 0 Å². The van der Waals surface area contributed by atoms with Gasteiger partial charge in [-0.3, -0.25) is 24.0 Å². The Morgan fingerprint density at radius 1 is 0.500 bits per heavy atom. The van der Waals surface area contributed by atoms with Gasteiger partial charge in [-0.1, -0.05) is 41.5 Å². The van der Waals surface area contributed by atoms with E-state index in [4.69, 9.17) is 0 Å². The van der Waals surface area contributed by atoms with Gasteiger partial charge in [-0.05, 0) is 67.2 Å². The Bertz CT molecular complexity index is 1580. The van der Waals surface area contributed by atoms with E-state index >= 15 is 0 Å². The maximum Gasteiger partial charge on any atom is 0.175 e. The Morgan fingerprint density at radius 3 is 1.04 bits per heavy atom. The lowest BCUT2D eigenvalue weighted by Crippen LogP contribution is -2.50. The summed E-state index contributed by atoms with van der Waals surface area (Å²) >= 11 is 0. The standard InChI is InChI=1S/C38H52O10/c1-15(2)18(22-29(43)35(7,8)33(47)36(9,10)30(22)44)20-26(40)21(28(42)24(27(20)41)25(39)17(5)6)19(16(3)4)23-31(45)37(11,12)34(48)38(13,14)32(23)46/h15-19,40-43,45H,1-14H3/t18-,19+. The van der Waals surface area contributed by atoms with Crippen LogP contribution in [0.5, 0.6) is 17.2 Å². The van der Waals surface area contributed by atoms with Gasteiger partial charge < -0.3 is 25.5 Å². The lowest BCUT2D eigenvalue weighted by molar-refractivity contribution is -0.146. The largest absolute Gasteiger partial charge is 0.511 e. The minimum atomic E-state index is -1.60. The number of rotatable bonds is 8. The maximum atomic E-state index is 14.1. The molecule has 0 aliphatic heterocycles. The molecule has 264 valence electrons. The monoisotopic (exact) mass is 668 g/mol. The molecule has 0 saturated carbocycles. The lowest BCUT2D eigenvalue weighted by atomic mass is 9.59. The van der Waals surface area contributed by atoms with Crippen LogP contribution >= 0.6 is 0 Å². The smallest absolute Gasteiger partial charge is 0.175 e. The number of carbonyl (C=O) groups excluding carboxylic acids is 5. The summed E-state index contributed by atoms with van der Waals surface area (Å²) in [4.78, 5) is 68.7. The van der Waals surface area contributed by atoms with Crippen LogP contribution in [0.1, 0.15) is 130 Å². The number of Topliss-reactive ketones (excluding diaryl/α,β-unsaturated/α-hetero) is 5. The fraction of sp³-hybridized carbons (Fsp3) is 0.605. The molecule has 0 bridgehead atoms. The molecule has 0 fully saturated rings. The highest BCUT2D eigenvalue weighted by Gasteiger charge is 2.57. The van der Waals surface area contributed by atoms with E-state index in [0.29, 0.717) is 0 Å². The number of aliphatic hydroxyl groups is 2. The van der Waals surface area contributed by atoms with Gasteiger partial charge in [-0.25, -0.2) is 0 Å². The Labute approximate surface area is 282 Å². The first kappa shape index (κ1) is 38.5. The molecule has 0 heterocycles. The SMILES string of the molecule is CC(C)C(=O)c1c(O)c([C@@H](C2=C(O)C(C)(C)C(=O)C(C)(C)C2=O)C(C)C)c(O)c([C@H](C2=C(O)C(C)(C)C(=O)C(C)(C)C2=O)C(C)C)c1O. The summed E-state index contributed by atoms with van der Waals surface area (Å²) in [6, 6.07) is 0. The van der Waals surface area contributed by atoms with E-state index in [9.17, 15) is 49.5 Å². The number of benzene rings is 1. The third-order valence-corrected chi connectivity index (χ3v) is 10.4. The zero-order chi connectivity index (χ0) is 37.5. The van der Waals surface area contributed by atoms with Gasteiger partial charge in [-0.15, -0.1) is 0 Å². The van der Waals surface area contributed by atoms with Crippen LogP contribution in [0.3, 0.4) is 0 Å². The van der Waals surface area contributed by atoms with Gasteiger partial charge in [0.05, 0.1) is 21.7 Å². The molecule has 0 amide bonds. The molecule has 0 unspecified atom stereocenters. The van der Waals surface area contributed by atoms with E-state index < -0.39 is 114 Å². The average Bonchev–Trinajstić information content (AvgIpc) is 2.96. The van der Waals surface area contributed by atoms with Crippen molar-refractivity contribution in [2.75, 3.05) is 0 Å². The van der Waals surface area contributed by atoms with Gasteiger partial charge in [0.15, 0.2) is 28.9 Å². The minimum absolute atomic E-state index is 0.241. The predicted molar refractivity (Wildman–Crippen MR) is 180 cm³/mol. The van der Waals surface area contributed by atoms with E-state index in [2.05, 4.69) is 0 Å². The number of allylic oxidation sites excluding steroid dienone is 4. The molecular formula is C38H52O10. The third-order valence-electron chi connectivity index (χ3n) is 10.4. The van der Waals surface area contributed by atoms with Crippen molar-refractivity contribution in [3.63, 3.8) is 0 Å². The summed E-state index contributed by atoms with van der Waals surface area (Å²) in [6.07, 6.45) is 0. The molecule has 1 aromatic rings. The lowest BCUT2D eigenvalue weighted by Gasteiger charge is -2.42. The second kappa shape index (κ2) is 11.9. The van der Waals surface area contributed by atoms with Gasteiger partial charge in [0.2, 0.25) is 0 Å². The first-order chi connectivity index (χ1) is 21.5. The van der Waals surface area contributed by atoms with Crippen LogP contribution in [0, 0.1) is 39.4 Å². The van der Waals surface area contributed by atoms with E-state index in [-0.39, 0.29) is 22.3 Å². The van der Waals surface area contributed by atoms with Crippen molar-refractivity contribution in [2.45, 2.75) is 109 Å². The molecule has 3 rings (SSSR count). The molecule has 2 atom stereocenters. The van der Waals surface area contributed by atoms with Gasteiger partial charge >= 0.3 is 0 Å². The summed E-state index contributed by atoms with van der Waals surface area (Å²) < 4.78 is 0. The molecule has 1 aromatic carbocycles. The highest BCUT2D eigenvalue weighted by Crippen LogP contribution is 2.58. The average molecular weight is 669 g/mol. The zero-order valence-corrected chi connectivity index (χ0v) is 30.7. The number of hydrogen-bond donors (Lipinski definition) is 5. The van der Waals surface area contributed by atoms with Crippen molar-refractivity contribution in [1.29, 1.82) is 0 Å². The Morgan fingerprint density at radius 2 is 0.792 bits per heavy atom. The molecule has 5 N–H and O–H groups in total. The number of aromatic hydroxyl groups is 3. The van der Waals surface area contributed by atoms with E-state index in [1.165, 1.54) is 55.4 Å². The minimum Gasteiger partial charge on any atom is -0.511 e. The molecule has 0 spiro atoms. The summed E-state index contributed by atoms with van der Waals surface area (Å²) in [6.45, 7) is 21.3. The second-order valence-corrected chi connectivity index (χ2v) is 16.6. The van der Waals surface area contributed by atoms with E-state index in [0.717, 1.165) is 0 Å². The van der Waals surface area contributed by atoms with Gasteiger partial charge in [0.25, 0.3) is 0 Å². The summed E-state index contributed by atoms with van der Waals surface area (Å²) in [5, 5.41) is 59.2. The first-order valence-electron chi connectivity index (χ1n) is 16.5. The van der Waals surface area contributed by atoms with Crippen LogP contribution in [0.15, 0.2) is 22.7 Å². The fourth-order valence-corrected chi connectivity index (χ4v) is 7.61. The molecule has 2 aliphatic carbocycles. The summed E-state index contributed by atoms with van der Waals surface area (Å²) in [7, 11) is 0. The van der Waals surface area contributed by atoms with E-state index in [1.807, 2.05) is 0 Å². The number of phenolic OH excluding ortho intramolecular Hbond substituents is 3. The predicted octanol–water partition coefficient (Wildman–Crippen LogP) is 7.15. The molecule has 2 aliphatic rings. The molecule has 0 radical (unpaired) electrons. The second-order valence-electron chi connectivity index (χ2n) is 16.6. The van der Waals surface area contributed by atoms with Crippen molar-refractivity contribution >= 4 is 28.9 Å². The van der Waals surface area contributed by atoms with E-state index in [1.54, 1.807) is 41.5 Å². The van der Waals surface area contributed by atoms with Crippen LogP contribution in [0.4, 0.5) is 0 Å². The van der Waals surface area contributed by atoms with Crippen LogP contribution in [0.2, 0.25) is 0 Å². The molecule has 0 saturated heterocycles. The van der Waals surface area contributed by atoms with Gasteiger partial charge in [0.1, 0.15) is 34.3 Å². The molecule has 0 aromatic heterocycles. The number of phenols is 3. The highest BCUT2D eigenvalue weighted by molar-refractivity contribution is 6.20. The van der Waals surface area contributed by atoms with Crippen LogP contribution < -0.4 is 0 Å². The highest BCUT2D eigenvalue weighted by atomic mass is 16.3. The number of aliphatic hydroxyl groups excluding tert-OH is 2. The Kier molecular flexibility index (Phi) is 9.53. The molecular weight excluding hydrogens is 616 g/mol. The molecule has 48 heavy (non-hydrogen) atoms. The number of carbonyl (C=O) groups is 5. The fourth-order valence-electron chi connectivity index (χ4n) is 7.61. The van der Waals surface area contributed by atoms with Crippen molar-refractivity contribution in [2.24, 2.45) is 39.4 Å². The quantitative estimate of drug-likeness (QED) is 0.141. The van der Waals surface area contributed by atoms with Crippen molar-refractivity contribution in [3.8, 4) is 17.2 Å². The third kappa shape index (κ3) is 5.26. The van der Waals surface area contributed by atoms with Crippen LogP contribution in [-0.4, -0.2) is 54.4 Å². The summed E-state index contributed by atoms with van der Waals surface area (Å²) in [5.74, 6) is -11.5. The molecule has 10 nitrogen and oxygen atoms in total. The normalized spacial score (nSPS) is 21.9. The Balaban J connectivity index is 2.68. The molecule has 10 heteroatoms. The maximum absolute atomic E-state index is 14.1. The van der Waals surface area contributed by atoms with Gasteiger partial charge in [-0.2, -0.15) is 0 Å². The van der Waals surface area contributed by atoms with Crippen molar-refractivity contribution in [1.82, 2.24) is 0 Å². The number of hydrogen-bond acceptors (Lipinski definition) is 10. The van der Waals surface area contributed by atoms with Gasteiger partial charge in [0, 0.05) is 40.0 Å². The van der Waals surface area contributed by atoms with Crippen LogP contribution in [-0.2, 0) is 19.2 Å². The first-order valence-corrected chi connectivity index (χ1v) is 16.5. The topological polar surface area (TPSA) is 186 Å². The van der Waals surface area contributed by atoms with Crippen molar-refractivity contribution < 1.29 is 49.5 Å². The number of ketones is 5. The summed E-state index contributed by atoms with van der Waals surface area (Å²) in [5.41, 5.74) is -8.04. The zero-order valence-electron chi connectivity index (χ0n) is 30.7.